The highest BCUT2D eigenvalue weighted by molar-refractivity contribution is 7.10. The Hall–Kier alpha value is -1.19. The van der Waals surface area contributed by atoms with E-state index in [0.29, 0.717) is 11.8 Å². The molecule has 1 aromatic heterocycles. The zero-order chi connectivity index (χ0) is 13.9. The number of halogens is 1. The van der Waals surface area contributed by atoms with Crippen molar-refractivity contribution in [3.8, 4) is 0 Å². The van der Waals surface area contributed by atoms with E-state index in [4.69, 9.17) is 0 Å². The minimum atomic E-state index is -0.102. The lowest BCUT2D eigenvalue weighted by Gasteiger charge is -2.20. The molecule has 20 heavy (non-hydrogen) atoms. The smallest absolute Gasteiger partial charge is 0.123 e. The largest absolute Gasteiger partial charge is 0.319 e. The maximum Gasteiger partial charge on any atom is 0.123 e. The summed E-state index contributed by atoms with van der Waals surface area (Å²) in [6.07, 6.45) is 3.33. The van der Waals surface area contributed by atoms with Gasteiger partial charge in [0.25, 0.3) is 0 Å². The number of rotatable bonds is 5. The van der Waals surface area contributed by atoms with Crippen LogP contribution in [-0.4, -0.2) is 13.6 Å². The Bertz CT molecular complexity index is 564. The van der Waals surface area contributed by atoms with E-state index in [2.05, 4.69) is 22.8 Å². The van der Waals surface area contributed by atoms with E-state index in [0.717, 1.165) is 25.8 Å². The Morgan fingerprint density at radius 3 is 3.05 bits per heavy atom. The summed E-state index contributed by atoms with van der Waals surface area (Å²) in [5.41, 5.74) is 2.58. The molecule has 2 aromatic rings. The molecule has 0 radical (unpaired) electrons. The first kappa shape index (κ1) is 13.8. The van der Waals surface area contributed by atoms with Crippen LogP contribution in [0.25, 0.3) is 0 Å². The molecule has 0 saturated carbocycles. The van der Waals surface area contributed by atoms with E-state index in [1.54, 1.807) is 12.1 Å². The maximum absolute atomic E-state index is 13.3. The van der Waals surface area contributed by atoms with Crippen LogP contribution in [0.2, 0.25) is 0 Å². The predicted octanol–water partition coefficient (Wildman–Crippen LogP) is 4.31. The lowest BCUT2D eigenvalue weighted by molar-refractivity contribution is 0.514. The number of benzene rings is 1. The van der Waals surface area contributed by atoms with Crippen molar-refractivity contribution < 1.29 is 4.39 Å². The molecule has 0 saturated heterocycles. The molecule has 0 aliphatic heterocycles. The zero-order valence-corrected chi connectivity index (χ0v) is 12.5. The molecular weight excluding hydrogens is 269 g/mol. The van der Waals surface area contributed by atoms with Gasteiger partial charge < -0.3 is 5.32 Å². The number of hydrogen-bond donors (Lipinski definition) is 1. The van der Waals surface area contributed by atoms with Crippen molar-refractivity contribution in [1.29, 1.82) is 0 Å². The quantitative estimate of drug-likeness (QED) is 0.865. The minimum Gasteiger partial charge on any atom is -0.319 e. The standard InChI is InChI=1S/C17H20FNS/c1-19-11-14(17-3-2-8-20-17)9-12-4-5-13-10-15(18)6-7-16(12)13/h2-3,6-8,10,12,14,19H,4-5,9,11H2,1H3. The lowest BCUT2D eigenvalue weighted by atomic mass is 9.89. The topological polar surface area (TPSA) is 12.0 Å². The molecule has 0 fully saturated rings. The Labute approximate surface area is 123 Å². The van der Waals surface area contributed by atoms with Crippen LogP contribution in [0.4, 0.5) is 4.39 Å². The van der Waals surface area contributed by atoms with Gasteiger partial charge in [0.1, 0.15) is 5.82 Å². The highest BCUT2D eigenvalue weighted by atomic mass is 32.1. The van der Waals surface area contributed by atoms with E-state index >= 15 is 0 Å². The Morgan fingerprint density at radius 2 is 2.30 bits per heavy atom. The highest BCUT2D eigenvalue weighted by Gasteiger charge is 2.26. The van der Waals surface area contributed by atoms with Crippen molar-refractivity contribution >= 4 is 11.3 Å². The van der Waals surface area contributed by atoms with Gasteiger partial charge in [0.05, 0.1) is 0 Å². The van der Waals surface area contributed by atoms with Crippen LogP contribution in [0.15, 0.2) is 35.7 Å². The third kappa shape index (κ3) is 2.79. The van der Waals surface area contributed by atoms with Gasteiger partial charge in [-0.25, -0.2) is 4.39 Å². The summed E-state index contributed by atoms with van der Waals surface area (Å²) in [6, 6.07) is 9.67. The summed E-state index contributed by atoms with van der Waals surface area (Å²) in [4.78, 5) is 1.45. The van der Waals surface area contributed by atoms with Crippen LogP contribution in [0, 0.1) is 5.82 Å². The number of aryl methyl sites for hydroxylation is 1. The molecule has 0 amide bonds. The van der Waals surface area contributed by atoms with Gasteiger partial charge in [-0.1, -0.05) is 12.1 Å². The summed E-state index contributed by atoms with van der Waals surface area (Å²) in [7, 11) is 2.01. The van der Waals surface area contributed by atoms with E-state index in [1.165, 1.54) is 16.0 Å². The number of thiophene rings is 1. The highest BCUT2D eigenvalue weighted by Crippen LogP contribution is 2.40. The van der Waals surface area contributed by atoms with Crippen molar-refractivity contribution in [2.24, 2.45) is 0 Å². The molecule has 1 aliphatic carbocycles. The van der Waals surface area contributed by atoms with Crippen molar-refractivity contribution in [1.82, 2.24) is 5.32 Å². The first-order valence-electron chi connectivity index (χ1n) is 7.24. The molecular formula is C17H20FNS. The zero-order valence-electron chi connectivity index (χ0n) is 11.7. The fraction of sp³-hybridized carbons (Fsp3) is 0.412. The molecule has 0 bridgehead atoms. The molecule has 1 aromatic carbocycles. The van der Waals surface area contributed by atoms with Gasteiger partial charge in [-0.15, -0.1) is 11.3 Å². The van der Waals surface area contributed by atoms with Crippen molar-refractivity contribution in [3.63, 3.8) is 0 Å². The van der Waals surface area contributed by atoms with Gasteiger partial charge in [0.15, 0.2) is 0 Å². The Kier molecular flexibility index (Phi) is 4.18. The molecule has 106 valence electrons. The monoisotopic (exact) mass is 289 g/mol. The second-order valence-corrected chi connectivity index (χ2v) is 6.56. The SMILES string of the molecule is CNCC(CC1CCc2cc(F)ccc21)c1cccs1. The van der Waals surface area contributed by atoms with Gasteiger partial charge >= 0.3 is 0 Å². The minimum absolute atomic E-state index is 0.102. The van der Waals surface area contributed by atoms with Crippen molar-refractivity contribution in [2.75, 3.05) is 13.6 Å². The lowest BCUT2D eigenvalue weighted by Crippen LogP contribution is -2.18. The number of nitrogens with one attached hydrogen (secondary N) is 1. The molecule has 2 atom stereocenters. The van der Waals surface area contributed by atoms with Crippen LogP contribution < -0.4 is 5.32 Å². The van der Waals surface area contributed by atoms with Gasteiger partial charge in [-0.3, -0.25) is 0 Å². The Balaban J connectivity index is 1.78. The van der Waals surface area contributed by atoms with Gasteiger partial charge in [0, 0.05) is 17.3 Å². The normalized spacial score (nSPS) is 19.0. The van der Waals surface area contributed by atoms with Crippen molar-refractivity contribution in [2.45, 2.75) is 31.1 Å². The summed E-state index contributed by atoms with van der Waals surface area (Å²) >= 11 is 1.84. The molecule has 3 rings (SSSR count). The van der Waals surface area contributed by atoms with E-state index in [-0.39, 0.29) is 5.82 Å². The molecule has 1 heterocycles. The maximum atomic E-state index is 13.3. The molecule has 3 heteroatoms. The van der Waals surface area contributed by atoms with Gasteiger partial charge in [-0.2, -0.15) is 0 Å². The second-order valence-electron chi connectivity index (χ2n) is 5.58. The molecule has 0 spiro atoms. The van der Waals surface area contributed by atoms with Crippen LogP contribution in [0.1, 0.15) is 40.7 Å². The summed E-state index contributed by atoms with van der Waals surface area (Å²) in [5, 5.41) is 5.46. The summed E-state index contributed by atoms with van der Waals surface area (Å²) < 4.78 is 13.3. The van der Waals surface area contributed by atoms with E-state index in [9.17, 15) is 4.39 Å². The third-order valence-corrected chi connectivity index (χ3v) is 5.31. The summed E-state index contributed by atoms with van der Waals surface area (Å²) in [5.74, 6) is 1.03. The third-order valence-electron chi connectivity index (χ3n) is 4.27. The van der Waals surface area contributed by atoms with Crippen LogP contribution in [0.5, 0.6) is 0 Å². The fourth-order valence-electron chi connectivity index (χ4n) is 3.33. The average Bonchev–Trinajstić information content (AvgIpc) is 3.07. The summed E-state index contributed by atoms with van der Waals surface area (Å²) in [6.45, 7) is 1.01. The van der Waals surface area contributed by atoms with Gasteiger partial charge in [0.2, 0.25) is 0 Å². The second kappa shape index (κ2) is 6.06. The first-order chi connectivity index (χ1) is 9.78. The Morgan fingerprint density at radius 1 is 1.40 bits per heavy atom. The average molecular weight is 289 g/mol. The fourth-order valence-corrected chi connectivity index (χ4v) is 4.18. The van der Waals surface area contributed by atoms with E-state index in [1.807, 2.05) is 24.5 Å². The van der Waals surface area contributed by atoms with E-state index < -0.39 is 0 Å². The predicted molar refractivity (Wildman–Crippen MR) is 83.1 cm³/mol. The van der Waals surface area contributed by atoms with Crippen LogP contribution in [0.3, 0.4) is 0 Å². The van der Waals surface area contributed by atoms with Gasteiger partial charge in [-0.05, 0) is 66.9 Å². The number of fused-ring (bicyclic) bond motifs is 1. The van der Waals surface area contributed by atoms with Crippen LogP contribution >= 0.6 is 11.3 Å². The number of likely N-dealkylation sites (N-methyl/N-ethyl adjacent to an activating group) is 1. The molecule has 1 N–H and O–H groups in total. The van der Waals surface area contributed by atoms with Crippen molar-refractivity contribution in [3.05, 3.63) is 57.5 Å². The first-order valence-corrected chi connectivity index (χ1v) is 8.12. The number of hydrogen-bond acceptors (Lipinski definition) is 2. The molecule has 2 unspecified atom stereocenters. The molecule has 1 nitrogen and oxygen atoms in total. The molecule has 1 aliphatic rings. The van der Waals surface area contributed by atoms with Crippen LogP contribution in [-0.2, 0) is 6.42 Å².